The van der Waals surface area contributed by atoms with Crippen LogP contribution in [-0.2, 0) is 9.84 Å². The average Bonchev–Trinajstić information content (AvgIpc) is 2.38. The van der Waals surface area contributed by atoms with Gasteiger partial charge in [0.1, 0.15) is 10.4 Å². The Kier molecular flexibility index (Phi) is 4.01. The van der Waals surface area contributed by atoms with E-state index in [0.29, 0.717) is 16.1 Å². The molecule has 2 aromatic rings. The van der Waals surface area contributed by atoms with Crippen molar-refractivity contribution in [2.75, 3.05) is 24.7 Å². The number of pyridine rings is 1. The molecule has 0 unspecified atom stereocenters. The minimum Gasteiger partial charge on any atom is -0.399 e. The van der Waals surface area contributed by atoms with E-state index in [0.717, 1.165) is 0 Å². The maximum atomic E-state index is 12.6. The zero-order valence-corrected chi connectivity index (χ0v) is 13.4. The van der Waals surface area contributed by atoms with Gasteiger partial charge in [0.15, 0.2) is 0 Å². The predicted octanol–water partition coefficient (Wildman–Crippen LogP) is 2.33. The van der Waals surface area contributed by atoms with Gasteiger partial charge >= 0.3 is 0 Å². The number of halogens is 1. The number of hydrogen-bond donors (Lipinski definition) is 1. The molecule has 0 aliphatic heterocycles. The molecular formula is C13H14BrN3O2S. The summed E-state index contributed by atoms with van der Waals surface area (Å²) in [6.45, 7) is 0. The Labute approximate surface area is 126 Å². The van der Waals surface area contributed by atoms with Crippen LogP contribution in [0.15, 0.2) is 50.8 Å². The number of nitrogens with zero attached hydrogens (tertiary/aromatic N) is 2. The summed E-state index contributed by atoms with van der Waals surface area (Å²) >= 11 is 3.24. The fourth-order valence-electron chi connectivity index (χ4n) is 1.63. The molecule has 0 bridgehead atoms. The van der Waals surface area contributed by atoms with Crippen LogP contribution >= 0.6 is 15.9 Å². The monoisotopic (exact) mass is 355 g/mol. The van der Waals surface area contributed by atoms with Gasteiger partial charge in [0, 0.05) is 19.8 Å². The lowest BCUT2D eigenvalue weighted by Gasteiger charge is -2.13. The molecule has 0 fully saturated rings. The first-order valence-corrected chi connectivity index (χ1v) is 8.04. The van der Waals surface area contributed by atoms with Crippen molar-refractivity contribution in [3.63, 3.8) is 0 Å². The third-order valence-electron chi connectivity index (χ3n) is 2.71. The molecule has 1 aromatic heterocycles. The Hall–Kier alpha value is -1.60. The lowest BCUT2D eigenvalue weighted by molar-refractivity contribution is 0.596. The van der Waals surface area contributed by atoms with Crippen LogP contribution in [-0.4, -0.2) is 27.5 Å². The van der Waals surface area contributed by atoms with Crippen LogP contribution in [0.5, 0.6) is 0 Å². The fourth-order valence-corrected chi connectivity index (χ4v) is 3.50. The molecule has 2 N–H and O–H groups in total. The second-order valence-corrected chi connectivity index (χ2v) is 7.21. The first-order chi connectivity index (χ1) is 9.30. The number of rotatable bonds is 3. The van der Waals surface area contributed by atoms with Crippen molar-refractivity contribution >= 4 is 37.3 Å². The topological polar surface area (TPSA) is 76.3 Å². The lowest BCUT2D eigenvalue weighted by atomic mass is 10.3. The Balaban J connectivity index is 2.57. The molecule has 0 radical (unpaired) electrons. The summed E-state index contributed by atoms with van der Waals surface area (Å²) in [7, 11) is 0.0135. The van der Waals surface area contributed by atoms with Crippen LogP contribution in [0.25, 0.3) is 0 Å². The number of nitrogens with two attached hydrogens (primary N) is 1. The van der Waals surface area contributed by atoms with Crippen LogP contribution in [0.3, 0.4) is 0 Å². The minimum atomic E-state index is -3.59. The van der Waals surface area contributed by atoms with E-state index in [4.69, 9.17) is 5.73 Å². The fraction of sp³-hybridized carbons (Fsp3) is 0.154. The smallest absolute Gasteiger partial charge is 0.206 e. The number of nitrogen functional groups attached to an aromatic ring is 1. The normalized spacial score (nSPS) is 11.3. The Morgan fingerprint density at radius 3 is 2.25 bits per heavy atom. The van der Waals surface area contributed by atoms with E-state index in [1.54, 1.807) is 31.1 Å². The minimum absolute atomic E-state index is 0.188. The van der Waals surface area contributed by atoms with Crippen molar-refractivity contribution in [1.29, 1.82) is 0 Å². The van der Waals surface area contributed by atoms with E-state index < -0.39 is 9.84 Å². The van der Waals surface area contributed by atoms with Gasteiger partial charge in [0.25, 0.3) is 0 Å². The molecule has 1 aromatic carbocycles. The van der Waals surface area contributed by atoms with Crippen LogP contribution in [0.2, 0.25) is 0 Å². The van der Waals surface area contributed by atoms with Crippen molar-refractivity contribution < 1.29 is 8.42 Å². The number of hydrogen-bond acceptors (Lipinski definition) is 5. The van der Waals surface area contributed by atoms with Gasteiger partial charge in [-0.2, -0.15) is 0 Å². The molecule has 0 amide bonds. The van der Waals surface area contributed by atoms with Crippen molar-refractivity contribution in [2.24, 2.45) is 0 Å². The van der Waals surface area contributed by atoms with Crippen LogP contribution in [0.1, 0.15) is 0 Å². The first-order valence-electron chi connectivity index (χ1n) is 5.76. The summed E-state index contributed by atoms with van der Waals surface area (Å²) in [4.78, 5) is 6.35. The van der Waals surface area contributed by atoms with Crippen LogP contribution < -0.4 is 10.6 Å². The summed E-state index contributed by atoms with van der Waals surface area (Å²) in [5.41, 5.74) is 6.10. The van der Waals surface area contributed by atoms with Gasteiger partial charge in [-0.15, -0.1) is 0 Å². The standard InChI is InChI=1S/C13H14BrN3O2S/c1-17(2)13-8-11(7-12(14)16-13)20(18,19)10-5-3-9(15)4-6-10/h3-8H,15H2,1-2H3. The van der Waals surface area contributed by atoms with Gasteiger partial charge in [-0.25, -0.2) is 13.4 Å². The van der Waals surface area contributed by atoms with Gasteiger partial charge in [-0.1, -0.05) is 0 Å². The van der Waals surface area contributed by atoms with E-state index in [-0.39, 0.29) is 9.79 Å². The zero-order valence-electron chi connectivity index (χ0n) is 11.0. The average molecular weight is 356 g/mol. The Bertz CT molecular complexity index is 728. The second kappa shape index (κ2) is 5.41. The van der Waals surface area contributed by atoms with Crippen LogP contribution in [0, 0.1) is 0 Å². The number of aromatic nitrogens is 1. The molecule has 5 nitrogen and oxygen atoms in total. The largest absolute Gasteiger partial charge is 0.399 e. The summed E-state index contributed by atoms with van der Waals surface area (Å²) in [5.74, 6) is 0.563. The maximum Gasteiger partial charge on any atom is 0.206 e. The highest BCUT2D eigenvalue weighted by Gasteiger charge is 2.19. The summed E-state index contributed by atoms with van der Waals surface area (Å²) in [5, 5.41) is 0. The van der Waals surface area contributed by atoms with Gasteiger partial charge in [-0.05, 0) is 52.3 Å². The molecule has 0 saturated carbocycles. The van der Waals surface area contributed by atoms with E-state index in [9.17, 15) is 8.42 Å². The molecule has 0 saturated heterocycles. The molecule has 0 aliphatic rings. The highest BCUT2D eigenvalue weighted by Crippen LogP contribution is 2.26. The van der Waals surface area contributed by atoms with Crippen molar-refractivity contribution in [1.82, 2.24) is 4.98 Å². The third-order valence-corrected chi connectivity index (χ3v) is 4.87. The SMILES string of the molecule is CN(C)c1cc(S(=O)(=O)c2ccc(N)cc2)cc(Br)n1. The molecule has 20 heavy (non-hydrogen) atoms. The molecule has 2 rings (SSSR count). The molecule has 7 heteroatoms. The van der Waals surface area contributed by atoms with Gasteiger partial charge in [0.2, 0.25) is 9.84 Å². The van der Waals surface area contributed by atoms with Crippen molar-refractivity contribution in [3.05, 3.63) is 41.0 Å². The Morgan fingerprint density at radius 1 is 1.10 bits per heavy atom. The Morgan fingerprint density at radius 2 is 1.70 bits per heavy atom. The number of sulfone groups is 1. The van der Waals surface area contributed by atoms with E-state index in [1.807, 2.05) is 0 Å². The number of benzene rings is 1. The van der Waals surface area contributed by atoms with Gasteiger partial charge < -0.3 is 10.6 Å². The van der Waals surface area contributed by atoms with E-state index >= 15 is 0 Å². The van der Waals surface area contributed by atoms with Crippen LogP contribution in [0.4, 0.5) is 11.5 Å². The van der Waals surface area contributed by atoms with Crippen molar-refractivity contribution in [3.8, 4) is 0 Å². The maximum absolute atomic E-state index is 12.6. The molecule has 0 spiro atoms. The third kappa shape index (κ3) is 2.94. The molecule has 0 aliphatic carbocycles. The van der Waals surface area contributed by atoms with E-state index in [2.05, 4.69) is 20.9 Å². The first kappa shape index (κ1) is 14.8. The molecule has 106 valence electrons. The zero-order chi connectivity index (χ0) is 14.9. The predicted molar refractivity (Wildman–Crippen MR) is 82.6 cm³/mol. The van der Waals surface area contributed by atoms with E-state index in [1.165, 1.54) is 24.3 Å². The summed E-state index contributed by atoms with van der Waals surface area (Å²) < 4.78 is 25.6. The summed E-state index contributed by atoms with van der Waals surface area (Å²) in [6, 6.07) is 9.14. The van der Waals surface area contributed by atoms with Gasteiger partial charge in [0.05, 0.1) is 9.79 Å². The highest BCUT2D eigenvalue weighted by atomic mass is 79.9. The number of anilines is 2. The van der Waals surface area contributed by atoms with Gasteiger partial charge in [-0.3, -0.25) is 0 Å². The summed E-state index contributed by atoms with van der Waals surface area (Å²) in [6.07, 6.45) is 0. The highest BCUT2D eigenvalue weighted by molar-refractivity contribution is 9.10. The lowest BCUT2D eigenvalue weighted by Crippen LogP contribution is -2.12. The molecule has 0 atom stereocenters. The molecule has 1 heterocycles. The second-order valence-electron chi connectivity index (χ2n) is 4.45. The molecular weight excluding hydrogens is 342 g/mol. The quantitative estimate of drug-likeness (QED) is 0.675. The van der Waals surface area contributed by atoms with Crippen molar-refractivity contribution in [2.45, 2.75) is 9.79 Å².